The molecule has 0 unspecified atom stereocenters. The van der Waals surface area contributed by atoms with Crippen LogP contribution in [0.2, 0.25) is 0 Å². The molecule has 0 saturated carbocycles. The summed E-state index contributed by atoms with van der Waals surface area (Å²) < 4.78 is 14.3. The Bertz CT molecular complexity index is 485. The van der Waals surface area contributed by atoms with Gasteiger partial charge in [-0.15, -0.1) is 0 Å². The Labute approximate surface area is 108 Å². The Balaban J connectivity index is 1.88. The molecule has 0 saturated heterocycles. The first-order valence-corrected chi connectivity index (χ1v) is 6.14. The average molecular weight is 295 g/mol. The monoisotopic (exact) mass is 294 g/mol. The average Bonchev–Trinajstić information content (AvgIpc) is 2.34. The predicted octanol–water partition coefficient (Wildman–Crippen LogP) is 3.64. The van der Waals surface area contributed by atoms with Crippen LogP contribution >= 0.6 is 15.9 Å². The predicted molar refractivity (Wildman–Crippen MR) is 70.5 cm³/mol. The molecule has 0 spiro atoms. The molecule has 4 heteroatoms. The van der Waals surface area contributed by atoms with Gasteiger partial charge in [0.2, 0.25) is 0 Å². The molecule has 0 amide bonds. The molecule has 1 aromatic heterocycles. The van der Waals surface area contributed by atoms with E-state index in [9.17, 15) is 4.39 Å². The molecule has 17 heavy (non-hydrogen) atoms. The highest BCUT2D eigenvalue weighted by molar-refractivity contribution is 9.10. The van der Waals surface area contributed by atoms with Crippen molar-refractivity contribution in [3.05, 3.63) is 58.4 Å². The van der Waals surface area contributed by atoms with Gasteiger partial charge in [0.1, 0.15) is 11.6 Å². The smallest absolute Gasteiger partial charge is 0.126 e. The summed E-state index contributed by atoms with van der Waals surface area (Å²) in [4.78, 5) is 4.18. The van der Waals surface area contributed by atoms with E-state index in [2.05, 4.69) is 26.2 Å². The quantitative estimate of drug-likeness (QED) is 0.931. The van der Waals surface area contributed by atoms with Crippen molar-refractivity contribution >= 4 is 21.7 Å². The summed E-state index contributed by atoms with van der Waals surface area (Å²) in [6.45, 7) is 0.662. The van der Waals surface area contributed by atoms with E-state index in [-0.39, 0.29) is 5.82 Å². The van der Waals surface area contributed by atoms with E-state index in [1.165, 1.54) is 6.07 Å². The molecule has 2 rings (SSSR count). The largest absolute Gasteiger partial charge is 0.370 e. The minimum atomic E-state index is -0.155. The van der Waals surface area contributed by atoms with Crippen LogP contribution in [0.4, 0.5) is 10.2 Å². The van der Waals surface area contributed by atoms with Crippen LogP contribution in [0.5, 0.6) is 0 Å². The number of nitrogens with zero attached hydrogens (tertiary/aromatic N) is 1. The minimum Gasteiger partial charge on any atom is -0.370 e. The van der Waals surface area contributed by atoms with Gasteiger partial charge in [-0.3, -0.25) is 0 Å². The maximum Gasteiger partial charge on any atom is 0.126 e. The summed E-state index contributed by atoms with van der Waals surface area (Å²) in [5.74, 6) is 0.641. The van der Waals surface area contributed by atoms with E-state index in [0.717, 1.165) is 15.9 Å². The van der Waals surface area contributed by atoms with Crippen LogP contribution in [0.25, 0.3) is 0 Å². The van der Waals surface area contributed by atoms with E-state index in [0.29, 0.717) is 13.0 Å². The molecule has 0 atom stereocenters. The molecule has 1 aromatic carbocycles. The first kappa shape index (κ1) is 12.0. The highest BCUT2D eigenvalue weighted by atomic mass is 79.9. The van der Waals surface area contributed by atoms with Gasteiger partial charge in [0.25, 0.3) is 0 Å². The van der Waals surface area contributed by atoms with Crippen molar-refractivity contribution < 1.29 is 4.39 Å². The number of pyridine rings is 1. The second-order valence-electron chi connectivity index (χ2n) is 3.63. The van der Waals surface area contributed by atoms with Crippen molar-refractivity contribution in [2.24, 2.45) is 0 Å². The molecule has 1 heterocycles. The Morgan fingerprint density at radius 3 is 2.71 bits per heavy atom. The van der Waals surface area contributed by atoms with Crippen LogP contribution in [-0.2, 0) is 6.42 Å². The minimum absolute atomic E-state index is 0.155. The fourth-order valence-corrected chi connectivity index (χ4v) is 1.74. The van der Waals surface area contributed by atoms with Gasteiger partial charge in [0.05, 0.1) is 0 Å². The van der Waals surface area contributed by atoms with Gasteiger partial charge in [-0.2, -0.15) is 0 Å². The van der Waals surface area contributed by atoms with Crippen LogP contribution in [0.15, 0.2) is 47.1 Å². The third-order valence-corrected chi connectivity index (χ3v) is 2.85. The molecule has 0 fully saturated rings. The Kier molecular flexibility index (Phi) is 4.09. The SMILES string of the molecule is Fc1ccccc1CCNc1ccc(Br)cn1. The molecule has 0 aliphatic carbocycles. The van der Waals surface area contributed by atoms with Crippen LogP contribution in [0.1, 0.15) is 5.56 Å². The number of anilines is 1. The lowest BCUT2D eigenvalue weighted by molar-refractivity contribution is 0.610. The standard InChI is InChI=1S/C13H12BrFN2/c14-11-5-6-13(17-9-11)16-8-7-10-3-1-2-4-12(10)15/h1-6,9H,7-8H2,(H,16,17). The van der Waals surface area contributed by atoms with Gasteiger partial charge in [0, 0.05) is 17.2 Å². The second-order valence-corrected chi connectivity index (χ2v) is 4.55. The number of halogens is 2. The zero-order valence-electron chi connectivity index (χ0n) is 9.16. The summed E-state index contributed by atoms with van der Waals surface area (Å²) in [7, 11) is 0. The molecule has 0 bridgehead atoms. The maximum absolute atomic E-state index is 13.3. The van der Waals surface area contributed by atoms with Crippen molar-refractivity contribution in [3.8, 4) is 0 Å². The summed E-state index contributed by atoms with van der Waals surface area (Å²) in [5.41, 5.74) is 0.720. The molecule has 88 valence electrons. The van der Waals surface area contributed by atoms with Gasteiger partial charge >= 0.3 is 0 Å². The zero-order chi connectivity index (χ0) is 12.1. The molecular formula is C13H12BrFN2. The molecule has 2 aromatic rings. The van der Waals surface area contributed by atoms with Crippen molar-refractivity contribution in [1.82, 2.24) is 4.98 Å². The molecule has 0 aliphatic heterocycles. The number of rotatable bonds is 4. The fraction of sp³-hybridized carbons (Fsp3) is 0.154. The third-order valence-electron chi connectivity index (χ3n) is 2.39. The third kappa shape index (κ3) is 3.53. The van der Waals surface area contributed by atoms with E-state index < -0.39 is 0 Å². The number of nitrogens with one attached hydrogen (secondary N) is 1. The topological polar surface area (TPSA) is 24.9 Å². The first-order valence-electron chi connectivity index (χ1n) is 5.34. The number of hydrogen-bond acceptors (Lipinski definition) is 2. The summed E-state index contributed by atoms with van der Waals surface area (Å²) in [6.07, 6.45) is 2.37. The summed E-state index contributed by atoms with van der Waals surface area (Å²) in [5, 5.41) is 3.15. The lowest BCUT2D eigenvalue weighted by Gasteiger charge is -2.06. The van der Waals surface area contributed by atoms with E-state index in [1.807, 2.05) is 18.2 Å². The first-order chi connectivity index (χ1) is 8.25. The van der Waals surface area contributed by atoms with Gasteiger partial charge in [0.15, 0.2) is 0 Å². The van der Waals surface area contributed by atoms with Gasteiger partial charge < -0.3 is 5.32 Å². The van der Waals surface area contributed by atoms with Gasteiger partial charge in [-0.1, -0.05) is 18.2 Å². The lowest BCUT2D eigenvalue weighted by atomic mass is 10.1. The molecule has 2 nitrogen and oxygen atoms in total. The number of aromatic nitrogens is 1. The van der Waals surface area contributed by atoms with Crippen molar-refractivity contribution in [2.75, 3.05) is 11.9 Å². The van der Waals surface area contributed by atoms with E-state index in [4.69, 9.17) is 0 Å². The summed E-state index contributed by atoms with van der Waals surface area (Å²) >= 11 is 3.32. The maximum atomic E-state index is 13.3. The van der Waals surface area contributed by atoms with Crippen LogP contribution in [0.3, 0.4) is 0 Å². The molecular weight excluding hydrogens is 283 g/mol. The normalized spacial score (nSPS) is 10.2. The van der Waals surface area contributed by atoms with E-state index in [1.54, 1.807) is 18.3 Å². The Morgan fingerprint density at radius 2 is 2.00 bits per heavy atom. The van der Waals surface area contributed by atoms with Gasteiger partial charge in [-0.05, 0) is 46.1 Å². The van der Waals surface area contributed by atoms with Crippen LogP contribution in [-0.4, -0.2) is 11.5 Å². The second kappa shape index (κ2) is 5.77. The highest BCUT2D eigenvalue weighted by Crippen LogP contribution is 2.11. The van der Waals surface area contributed by atoms with Gasteiger partial charge in [-0.25, -0.2) is 9.37 Å². The van der Waals surface area contributed by atoms with Crippen LogP contribution in [0, 0.1) is 5.82 Å². The fourth-order valence-electron chi connectivity index (χ4n) is 1.51. The lowest BCUT2D eigenvalue weighted by Crippen LogP contribution is -2.07. The molecule has 0 radical (unpaired) electrons. The Hall–Kier alpha value is -1.42. The van der Waals surface area contributed by atoms with Crippen molar-refractivity contribution in [2.45, 2.75) is 6.42 Å². The van der Waals surface area contributed by atoms with Crippen molar-refractivity contribution in [3.63, 3.8) is 0 Å². The molecule has 0 aliphatic rings. The van der Waals surface area contributed by atoms with E-state index >= 15 is 0 Å². The summed E-state index contributed by atoms with van der Waals surface area (Å²) in [6, 6.07) is 10.6. The highest BCUT2D eigenvalue weighted by Gasteiger charge is 2.00. The zero-order valence-corrected chi connectivity index (χ0v) is 10.7. The number of hydrogen-bond donors (Lipinski definition) is 1. The van der Waals surface area contributed by atoms with Crippen molar-refractivity contribution in [1.29, 1.82) is 0 Å². The number of benzene rings is 1. The molecule has 1 N–H and O–H groups in total. The van der Waals surface area contributed by atoms with Crippen LogP contribution < -0.4 is 5.32 Å². The Morgan fingerprint density at radius 1 is 1.18 bits per heavy atom.